The number of hydrogen-bond donors (Lipinski definition) is 4. The summed E-state index contributed by atoms with van der Waals surface area (Å²) in [4.78, 5) is 35.6. The van der Waals surface area contributed by atoms with Gasteiger partial charge in [0, 0.05) is 0 Å². The molecule has 0 aromatic heterocycles. The first-order valence-electron chi connectivity index (χ1n) is 25.6. The lowest BCUT2D eigenvalue weighted by Gasteiger charge is -2.32. The molecule has 2 saturated carbocycles. The summed E-state index contributed by atoms with van der Waals surface area (Å²) in [5.74, 6) is 1.91. The van der Waals surface area contributed by atoms with Crippen molar-refractivity contribution in [3.63, 3.8) is 0 Å². The van der Waals surface area contributed by atoms with Crippen LogP contribution in [-0.2, 0) is 49.5 Å². The number of carboxylic acids is 1. The standard InChI is InChI=1S/C28H42O7.C27H42O5/c1-5-6-7-10-20(29)12-13-21-22-14-18-9-8-11-24(33-17-26(30)31)23(18)15-19(22)16-25(21)34-27(32)35-28(2,3)4;1-5-6-7-10-20(28)12-13-21-22-14-18-9-8-11-25(23(18)15-19(22)16-24(21)29)31-17-26(30)32-27(2,3)4/h8-9,11,19-22,25,29H,5-7,10,12-17H2,1-4H3,(H,30,31);8-9,11,19-22,24,28-29H,5-7,10,12-17H2,1-4H3/t19-,20-,21+,22-,25+;19-,20-,21+,22-,24+/m00/s1. The normalized spacial score (nSPS) is 24.9. The van der Waals surface area contributed by atoms with Crippen molar-refractivity contribution >= 4 is 18.1 Å². The third-order valence-electron chi connectivity index (χ3n) is 14.4. The third kappa shape index (κ3) is 16.7. The Labute approximate surface area is 400 Å². The predicted octanol–water partition coefficient (Wildman–Crippen LogP) is 10.4. The van der Waals surface area contributed by atoms with Crippen LogP contribution in [0.2, 0.25) is 0 Å². The van der Waals surface area contributed by atoms with Crippen molar-refractivity contribution in [2.45, 2.75) is 207 Å². The molecule has 0 saturated heterocycles. The molecule has 4 aliphatic carbocycles. The van der Waals surface area contributed by atoms with E-state index in [0.717, 1.165) is 108 Å². The number of carbonyl (C=O) groups excluding carboxylic acids is 2. The molecule has 2 fully saturated rings. The zero-order chi connectivity index (χ0) is 48.9. The number of aliphatic carboxylic acids is 1. The van der Waals surface area contributed by atoms with Crippen molar-refractivity contribution in [3.8, 4) is 11.5 Å². The average Bonchev–Trinajstić information content (AvgIpc) is 3.74. The molecule has 0 radical (unpaired) electrons. The molecule has 2 aromatic carbocycles. The molecule has 0 amide bonds. The monoisotopic (exact) mass is 937 g/mol. The molecule has 0 aliphatic heterocycles. The molecule has 2 aromatic rings. The van der Waals surface area contributed by atoms with E-state index in [1.165, 1.54) is 29.5 Å². The van der Waals surface area contributed by atoms with Crippen LogP contribution in [0.25, 0.3) is 0 Å². The number of ether oxygens (including phenoxy) is 5. The van der Waals surface area contributed by atoms with E-state index in [-0.39, 0.29) is 55.4 Å². The fourth-order valence-corrected chi connectivity index (χ4v) is 11.3. The minimum absolute atomic E-state index is 0.0943. The van der Waals surface area contributed by atoms with E-state index in [1.807, 2.05) is 65.8 Å². The lowest BCUT2D eigenvalue weighted by atomic mass is 9.73. The summed E-state index contributed by atoms with van der Waals surface area (Å²) >= 11 is 0. The van der Waals surface area contributed by atoms with E-state index < -0.39 is 23.3 Å². The predicted molar refractivity (Wildman–Crippen MR) is 258 cm³/mol. The van der Waals surface area contributed by atoms with Crippen LogP contribution >= 0.6 is 0 Å². The Morgan fingerprint density at radius 3 is 1.64 bits per heavy atom. The molecular formula is C55H84O12. The lowest BCUT2D eigenvalue weighted by molar-refractivity contribution is -0.157. The van der Waals surface area contributed by atoms with Gasteiger partial charge in [-0.1, -0.05) is 76.6 Å². The molecule has 4 aliphatic rings. The van der Waals surface area contributed by atoms with E-state index >= 15 is 0 Å². The number of esters is 1. The van der Waals surface area contributed by atoms with Gasteiger partial charge in [0.15, 0.2) is 13.2 Å². The topological polar surface area (TPSA) is 178 Å². The Morgan fingerprint density at radius 1 is 0.642 bits per heavy atom. The van der Waals surface area contributed by atoms with Gasteiger partial charge in [0.25, 0.3) is 0 Å². The van der Waals surface area contributed by atoms with Crippen LogP contribution in [0, 0.1) is 35.5 Å². The van der Waals surface area contributed by atoms with Crippen molar-refractivity contribution < 1.29 is 58.5 Å². The second-order valence-electron chi connectivity index (χ2n) is 22.0. The minimum atomic E-state index is -1.000. The molecule has 67 heavy (non-hydrogen) atoms. The zero-order valence-corrected chi connectivity index (χ0v) is 41.9. The Kier molecular flexibility index (Phi) is 20.3. The van der Waals surface area contributed by atoms with E-state index in [1.54, 1.807) is 0 Å². The summed E-state index contributed by atoms with van der Waals surface area (Å²) in [5.41, 5.74) is 3.51. The SMILES string of the molecule is CCCCC[C@H](O)CC[C@@H]1[C@H]2Cc3cccc(OCC(=O)O)c3C[C@H]2C[C@H]1OC(=O)OC(C)(C)C.CCCCC[C@H](O)CC[C@@H]1[C@H]2Cc3cccc(OCC(=O)OC(C)(C)C)c3C[C@H]2C[C@H]1O. The van der Waals surface area contributed by atoms with Gasteiger partial charge < -0.3 is 44.1 Å². The fourth-order valence-electron chi connectivity index (χ4n) is 11.3. The molecule has 12 nitrogen and oxygen atoms in total. The van der Waals surface area contributed by atoms with Gasteiger partial charge in [0.1, 0.15) is 28.8 Å². The number of benzene rings is 2. The van der Waals surface area contributed by atoms with Gasteiger partial charge in [0.05, 0.1) is 18.3 Å². The van der Waals surface area contributed by atoms with Crippen molar-refractivity contribution in [1.29, 1.82) is 0 Å². The van der Waals surface area contributed by atoms with Gasteiger partial charge in [0.2, 0.25) is 0 Å². The number of hydrogen-bond acceptors (Lipinski definition) is 11. The number of aliphatic hydroxyl groups is 3. The molecule has 6 rings (SSSR count). The first kappa shape index (κ1) is 54.1. The maximum atomic E-state index is 12.5. The van der Waals surface area contributed by atoms with E-state index in [0.29, 0.717) is 35.8 Å². The summed E-state index contributed by atoms with van der Waals surface area (Å²) in [6.07, 6.45) is 14.7. The van der Waals surface area contributed by atoms with Crippen LogP contribution in [0.3, 0.4) is 0 Å². The Bertz CT molecular complexity index is 1880. The van der Waals surface area contributed by atoms with Crippen LogP contribution in [0.5, 0.6) is 11.5 Å². The number of unbranched alkanes of at least 4 members (excludes halogenated alkanes) is 4. The van der Waals surface area contributed by atoms with Crippen LogP contribution in [-0.4, -0.2) is 87.4 Å². The highest BCUT2D eigenvalue weighted by molar-refractivity contribution is 5.71. The van der Waals surface area contributed by atoms with Crippen molar-refractivity contribution in [2.75, 3.05) is 13.2 Å². The Morgan fingerprint density at radius 2 is 1.13 bits per heavy atom. The molecule has 12 heteroatoms. The van der Waals surface area contributed by atoms with Crippen molar-refractivity contribution in [1.82, 2.24) is 0 Å². The molecule has 10 atom stereocenters. The van der Waals surface area contributed by atoms with E-state index in [2.05, 4.69) is 26.0 Å². The smallest absolute Gasteiger partial charge is 0.482 e. The average molecular weight is 937 g/mol. The second kappa shape index (κ2) is 25.1. The van der Waals surface area contributed by atoms with Gasteiger partial charge >= 0.3 is 18.1 Å². The van der Waals surface area contributed by atoms with Gasteiger partial charge in [-0.05, 0) is 188 Å². The van der Waals surface area contributed by atoms with E-state index in [4.69, 9.17) is 28.8 Å². The van der Waals surface area contributed by atoms with Crippen molar-refractivity contribution in [2.24, 2.45) is 35.5 Å². The molecule has 4 N–H and O–H groups in total. The maximum Gasteiger partial charge on any atom is 0.509 e. The third-order valence-corrected chi connectivity index (χ3v) is 14.4. The summed E-state index contributed by atoms with van der Waals surface area (Å²) in [7, 11) is 0. The summed E-state index contributed by atoms with van der Waals surface area (Å²) in [6, 6.07) is 11.9. The van der Waals surface area contributed by atoms with Gasteiger partial charge in [-0.15, -0.1) is 0 Å². The summed E-state index contributed by atoms with van der Waals surface area (Å²) in [5, 5.41) is 40.7. The van der Waals surface area contributed by atoms with Crippen molar-refractivity contribution in [3.05, 3.63) is 58.7 Å². The maximum absolute atomic E-state index is 12.5. The highest BCUT2D eigenvalue weighted by atomic mass is 16.7. The first-order valence-corrected chi connectivity index (χ1v) is 25.6. The van der Waals surface area contributed by atoms with Crippen LogP contribution in [0.15, 0.2) is 36.4 Å². The Hall–Kier alpha value is -3.87. The molecule has 0 unspecified atom stereocenters. The second-order valence-corrected chi connectivity index (χ2v) is 22.0. The minimum Gasteiger partial charge on any atom is -0.482 e. The summed E-state index contributed by atoms with van der Waals surface area (Å²) in [6.45, 7) is 14.9. The number of carboxylic acid groups (broad SMARTS) is 1. The molecule has 0 spiro atoms. The molecule has 0 bridgehead atoms. The molecule has 0 heterocycles. The highest BCUT2D eigenvalue weighted by Gasteiger charge is 2.48. The lowest BCUT2D eigenvalue weighted by Crippen LogP contribution is -2.32. The zero-order valence-electron chi connectivity index (χ0n) is 41.9. The van der Waals surface area contributed by atoms with E-state index in [9.17, 15) is 29.7 Å². The van der Waals surface area contributed by atoms with Gasteiger partial charge in [-0.2, -0.15) is 0 Å². The van der Waals surface area contributed by atoms with Gasteiger partial charge in [-0.25, -0.2) is 14.4 Å². The highest BCUT2D eigenvalue weighted by Crippen LogP contribution is 2.51. The van der Waals surface area contributed by atoms with Gasteiger partial charge in [-0.3, -0.25) is 0 Å². The first-order chi connectivity index (χ1) is 31.7. The Balaban J connectivity index is 0.000000252. The van der Waals surface area contributed by atoms with Crippen LogP contribution < -0.4 is 9.47 Å². The summed E-state index contributed by atoms with van der Waals surface area (Å²) < 4.78 is 28.1. The number of carbonyl (C=O) groups is 3. The molecule has 376 valence electrons. The van der Waals surface area contributed by atoms with Crippen LogP contribution in [0.4, 0.5) is 4.79 Å². The molecular weight excluding hydrogens is 853 g/mol. The number of aliphatic hydroxyl groups excluding tert-OH is 3. The van der Waals surface area contributed by atoms with Crippen LogP contribution in [0.1, 0.15) is 168 Å². The number of fused-ring (bicyclic) bond motifs is 4. The number of rotatable bonds is 21. The largest absolute Gasteiger partial charge is 0.509 e. The quantitative estimate of drug-likeness (QED) is 0.0689. The fraction of sp³-hybridized carbons (Fsp3) is 0.727.